The fourth-order valence-electron chi connectivity index (χ4n) is 3.18. The van der Waals surface area contributed by atoms with E-state index in [9.17, 15) is 19.1 Å². The van der Waals surface area contributed by atoms with E-state index in [1.807, 2.05) is 0 Å². The molecule has 0 amide bonds. The summed E-state index contributed by atoms with van der Waals surface area (Å²) in [7, 11) is 0. The molecule has 1 aromatic carbocycles. The minimum absolute atomic E-state index is 0.0306. The van der Waals surface area contributed by atoms with E-state index in [-0.39, 0.29) is 29.1 Å². The van der Waals surface area contributed by atoms with E-state index < -0.39 is 11.3 Å². The molecule has 1 saturated heterocycles. The Bertz CT molecular complexity index is 897. The Labute approximate surface area is 147 Å². The van der Waals surface area contributed by atoms with Gasteiger partial charge in [0.25, 0.3) is 5.56 Å². The average Bonchev–Trinajstić information content (AvgIpc) is 3.19. The average molecular weight is 361 g/mol. The summed E-state index contributed by atoms with van der Waals surface area (Å²) in [5.41, 5.74) is 0.0856. The Balaban J connectivity index is 1.59. The number of hydrogen-bond donors (Lipinski definition) is 1. The third-order valence-electron chi connectivity index (χ3n) is 4.52. The first-order chi connectivity index (χ1) is 12.0. The first-order valence-electron chi connectivity index (χ1n) is 8.01. The van der Waals surface area contributed by atoms with E-state index in [4.69, 9.17) is 0 Å². The fourth-order valence-corrected chi connectivity index (χ4v) is 4.45. The molecule has 6 nitrogen and oxygen atoms in total. The Kier molecular flexibility index (Phi) is 4.09. The molecule has 1 N–H and O–H groups in total. The molecular weight excluding hydrogens is 345 g/mol. The lowest BCUT2D eigenvalue weighted by Gasteiger charge is -2.10. The zero-order valence-corrected chi connectivity index (χ0v) is 14.1. The molecule has 2 aromatic rings. The number of carbonyl (C=O) groups is 1. The SMILES string of the molecule is O=C(CCc1ccc(F)cc1)c1nc2n(c(=O)c1O)CN1CCSC21. The Morgan fingerprint density at radius 3 is 2.88 bits per heavy atom. The zero-order valence-electron chi connectivity index (χ0n) is 13.3. The highest BCUT2D eigenvalue weighted by molar-refractivity contribution is 7.99. The van der Waals surface area contributed by atoms with Gasteiger partial charge in [-0.3, -0.25) is 19.1 Å². The van der Waals surface area contributed by atoms with Crippen molar-refractivity contribution in [2.75, 3.05) is 12.3 Å². The van der Waals surface area contributed by atoms with Gasteiger partial charge < -0.3 is 5.11 Å². The van der Waals surface area contributed by atoms with Crippen molar-refractivity contribution in [3.05, 3.63) is 57.5 Å². The minimum atomic E-state index is -0.584. The summed E-state index contributed by atoms with van der Waals surface area (Å²) in [5.74, 6) is 0.188. The monoisotopic (exact) mass is 361 g/mol. The summed E-state index contributed by atoms with van der Waals surface area (Å²) >= 11 is 1.68. The smallest absolute Gasteiger partial charge is 0.297 e. The van der Waals surface area contributed by atoms with Gasteiger partial charge in [0.15, 0.2) is 11.5 Å². The number of halogens is 1. The third-order valence-corrected chi connectivity index (χ3v) is 5.77. The highest BCUT2D eigenvalue weighted by atomic mass is 32.2. The van der Waals surface area contributed by atoms with Gasteiger partial charge in [0.2, 0.25) is 5.75 Å². The van der Waals surface area contributed by atoms with Crippen LogP contribution in [0.3, 0.4) is 0 Å². The predicted molar refractivity (Wildman–Crippen MR) is 91.1 cm³/mol. The van der Waals surface area contributed by atoms with Crippen molar-refractivity contribution in [2.45, 2.75) is 24.9 Å². The summed E-state index contributed by atoms with van der Waals surface area (Å²) in [5, 5.41) is 10.1. The van der Waals surface area contributed by atoms with Crippen molar-refractivity contribution in [3.8, 4) is 5.75 Å². The molecule has 8 heteroatoms. The number of carbonyl (C=O) groups excluding carboxylic acids is 1. The number of rotatable bonds is 4. The van der Waals surface area contributed by atoms with E-state index in [0.29, 0.717) is 18.9 Å². The van der Waals surface area contributed by atoms with E-state index in [1.165, 1.54) is 16.7 Å². The molecule has 1 unspecified atom stereocenters. The van der Waals surface area contributed by atoms with Gasteiger partial charge in [0, 0.05) is 18.7 Å². The van der Waals surface area contributed by atoms with Gasteiger partial charge in [-0.1, -0.05) is 12.1 Å². The van der Waals surface area contributed by atoms with E-state index >= 15 is 0 Å². The van der Waals surface area contributed by atoms with Crippen molar-refractivity contribution in [3.63, 3.8) is 0 Å². The first kappa shape index (κ1) is 16.3. The number of benzene rings is 1. The van der Waals surface area contributed by atoms with Crippen LogP contribution in [0.1, 0.15) is 33.7 Å². The molecule has 1 atom stereocenters. The summed E-state index contributed by atoms with van der Waals surface area (Å²) in [6.07, 6.45) is 0.486. The van der Waals surface area contributed by atoms with Gasteiger partial charge in [-0.25, -0.2) is 9.37 Å². The van der Waals surface area contributed by atoms with E-state index in [2.05, 4.69) is 9.88 Å². The number of Topliss-reactive ketones (excluding diaryl/α,β-unsaturated/α-hetero) is 1. The fraction of sp³-hybridized carbons (Fsp3) is 0.353. The molecule has 0 aliphatic carbocycles. The number of aromatic nitrogens is 2. The van der Waals surface area contributed by atoms with Crippen molar-refractivity contribution in [1.82, 2.24) is 14.5 Å². The van der Waals surface area contributed by atoms with Crippen LogP contribution in [0, 0.1) is 5.82 Å². The van der Waals surface area contributed by atoms with Crippen LogP contribution >= 0.6 is 11.8 Å². The van der Waals surface area contributed by atoms with Crippen LogP contribution < -0.4 is 5.56 Å². The lowest BCUT2D eigenvalue weighted by molar-refractivity contribution is 0.0974. The maximum absolute atomic E-state index is 12.9. The highest BCUT2D eigenvalue weighted by Crippen LogP contribution is 2.41. The predicted octanol–water partition coefficient (Wildman–Crippen LogP) is 1.92. The Morgan fingerprint density at radius 2 is 2.12 bits per heavy atom. The molecule has 2 aliphatic heterocycles. The topological polar surface area (TPSA) is 75.4 Å². The minimum Gasteiger partial charge on any atom is -0.501 e. The summed E-state index contributed by atoms with van der Waals surface area (Å²) in [4.78, 5) is 31.3. The maximum atomic E-state index is 12.9. The molecule has 1 aromatic heterocycles. The zero-order chi connectivity index (χ0) is 17.6. The maximum Gasteiger partial charge on any atom is 0.297 e. The van der Waals surface area contributed by atoms with Crippen molar-refractivity contribution in [1.29, 1.82) is 0 Å². The highest BCUT2D eigenvalue weighted by Gasteiger charge is 2.38. The van der Waals surface area contributed by atoms with Crippen molar-refractivity contribution >= 4 is 17.5 Å². The molecular formula is C17H16FN3O3S. The van der Waals surface area contributed by atoms with Gasteiger partial charge in [-0.05, 0) is 24.1 Å². The van der Waals surface area contributed by atoms with Crippen LogP contribution in [0.2, 0.25) is 0 Å². The molecule has 130 valence electrons. The second-order valence-electron chi connectivity index (χ2n) is 6.13. The number of aromatic hydroxyl groups is 1. The standard InChI is InChI=1S/C17H16FN3O3S/c18-11-4-1-10(2-5-11)3-6-12(22)13-14(23)16(24)21-9-20-7-8-25-17(20)15(21)19-13/h1-2,4-5,17,23H,3,6-9H2. The molecule has 0 spiro atoms. The number of nitrogens with zero attached hydrogens (tertiary/aromatic N) is 3. The Hall–Kier alpha value is -2.19. The molecule has 4 rings (SSSR count). The van der Waals surface area contributed by atoms with Crippen LogP contribution in [0.15, 0.2) is 29.1 Å². The van der Waals surface area contributed by atoms with Crippen LogP contribution in [0.4, 0.5) is 4.39 Å². The van der Waals surface area contributed by atoms with Crippen molar-refractivity contribution in [2.24, 2.45) is 0 Å². The number of aryl methyl sites for hydroxylation is 1. The summed E-state index contributed by atoms with van der Waals surface area (Å²) in [6, 6.07) is 5.90. The van der Waals surface area contributed by atoms with Gasteiger partial charge in [-0.15, -0.1) is 11.8 Å². The van der Waals surface area contributed by atoms with Crippen molar-refractivity contribution < 1.29 is 14.3 Å². The van der Waals surface area contributed by atoms with Gasteiger partial charge in [0.05, 0.1) is 6.67 Å². The van der Waals surface area contributed by atoms with Gasteiger partial charge in [-0.2, -0.15) is 0 Å². The molecule has 0 saturated carbocycles. The quantitative estimate of drug-likeness (QED) is 0.839. The molecule has 3 heterocycles. The molecule has 2 aliphatic rings. The molecule has 0 radical (unpaired) electrons. The van der Waals surface area contributed by atoms with Gasteiger partial charge >= 0.3 is 0 Å². The van der Waals surface area contributed by atoms with Gasteiger partial charge in [0.1, 0.15) is 17.0 Å². The first-order valence-corrected chi connectivity index (χ1v) is 9.06. The normalized spacial score (nSPS) is 19.0. The lowest BCUT2D eigenvalue weighted by Crippen LogP contribution is -2.26. The van der Waals surface area contributed by atoms with Crippen LogP contribution in [-0.2, 0) is 13.1 Å². The largest absolute Gasteiger partial charge is 0.501 e. The van der Waals surface area contributed by atoms with Crippen LogP contribution in [-0.4, -0.2) is 37.6 Å². The number of ketones is 1. The lowest BCUT2D eigenvalue weighted by atomic mass is 10.1. The molecule has 0 bridgehead atoms. The summed E-state index contributed by atoms with van der Waals surface area (Å²) < 4.78 is 14.4. The number of hydrogen-bond acceptors (Lipinski definition) is 6. The molecule has 1 fully saturated rings. The third kappa shape index (κ3) is 2.85. The van der Waals surface area contributed by atoms with E-state index in [1.54, 1.807) is 23.9 Å². The number of fused-ring (bicyclic) bond motifs is 3. The molecule has 25 heavy (non-hydrogen) atoms. The number of thioether (sulfide) groups is 1. The van der Waals surface area contributed by atoms with Crippen LogP contribution in [0.5, 0.6) is 5.75 Å². The Morgan fingerprint density at radius 1 is 1.36 bits per heavy atom. The second-order valence-corrected chi connectivity index (χ2v) is 7.32. The van der Waals surface area contributed by atoms with Crippen LogP contribution in [0.25, 0.3) is 0 Å². The summed E-state index contributed by atoms with van der Waals surface area (Å²) in [6.45, 7) is 1.25. The van der Waals surface area contributed by atoms with E-state index in [0.717, 1.165) is 17.9 Å². The second kappa shape index (κ2) is 6.27.